The first-order valence-corrected chi connectivity index (χ1v) is 18.1. The van der Waals surface area contributed by atoms with Crippen LogP contribution in [0.25, 0.3) is 22.8 Å². The first-order valence-electron chi connectivity index (χ1n) is 14.6. The Kier molecular flexibility index (Phi) is 7.73. The molecule has 7 heteroatoms. The Balaban J connectivity index is 1.28. The normalized spacial score (nSPS) is 11.7. The molecule has 6 aromatic carbocycles. The van der Waals surface area contributed by atoms with Crippen molar-refractivity contribution in [3.63, 3.8) is 0 Å². The third kappa shape index (κ3) is 5.31. The maximum absolute atomic E-state index is 14.9. The van der Waals surface area contributed by atoms with Crippen molar-refractivity contribution in [2.45, 2.75) is 0 Å². The van der Waals surface area contributed by atoms with Gasteiger partial charge in [-0.05, 0) is 12.1 Å². The van der Waals surface area contributed by atoms with Crippen LogP contribution in [-0.4, -0.2) is 15.2 Å². The second-order valence-electron chi connectivity index (χ2n) is 10.7. The molecule has 0 spiro atoms. The number of rotatable bonds is 8. The van der Waals surface area contributed by atoms with Crippen LogP contribution in [-0.2, 0) is 9.13 Å². The van der Waals surface area contributed by atoms with Gasteiger partial charge < -0.3 is 9.13 Å². The van der Waals surface area contributed by atoms with Gasteiger partial charge in [0.05, 0.1) is 0 Å². The van der Waals surface area contributed by atoms with E-state index in [9.17, 15) is 9.13 Å². The average molecular weight is 622 g/mol. The minimum absolute atomic E-state index is 0.485. The molecule has 1 aromatic heterocycles. The van der Waals surface area contributed by atoms with Crippen LogP contribution in [0.4, 0.5) is 0 Å². The van der Waals surface area contributed by atoms with Crippen LogP contribution in [0.3, 0.4) is 0 Å². The van der Waals surface area contributed by atoms with E-state index in [0.29, 0.717) is 22.3 Å². The summed E-state index contributed by atoms with van der Waals surface area (Å²) in [6, 6.07) is 53.7. The number of H-pyrrole nitrogens is 1. The molecule has 45 heavy (non-hydrogen) atoms. The highest BCUT2D eigenvalue weighted by atomic mass is 31.2. The van der Waals surface area contributed by atoms with E-state index in [1.165, 1.54) is 0 Å². The van der Waals surface area contributed by atoms with Gasteiger partial charge in [0.25, 0.3) is 0 Å². The van der Waals surface area contributed by atoms with Crippen LogP contribution in [0.15, 0.2) is 170 Å². The lowest BCUT2D eigenvalue weighted by Crippen LogP contribution is -2.25. The Morgan fingerprint density at radius 3 is 1.18 bits per heavy atom. The van der Waals surface area contributed by atoms with Crippen molar-refractivity contribution in [2.24, 2.45) is 0 Å². The Morgan fingerprint density at radius 2 is 0.756 bits per heavy atom. The molecular weight excluding hydrogens is 592 g/mol. The summed E-state index contributed by atoms with van der Waals surface area (Å²) in [6.07, 6.45) is 0. The molecule has 0 saturated heterocycles. The van der Waals surface area contributed by atoms with Gasteiger partial charge in [0.15, 0.2) is 25.9 Å². The molecule has 0 aliphatic heterocycles. The van der Waals surface area contributed by atoms with Gasteiger partial charge in [-0.1, -0.05) is 158 Å². The van der Waals surface area contributed by atoms with Gasteiger partial charge in [0.2, 0.25) is 0 Å². The van der Waals surface area contributed by atoms with Crippen LogP contribution in [0.2, 0.25) is 0 Å². The van der Waals surface area contributed by atoms with E-state index in [-0.39, 0.29) is 0 Å². The predicted molar refractivity (Wildman–Crippen MR) is 186 cm³/mol. The summed E-state index contributed by atoms with van der Waals surface area (Å²) in [4.78, 5) is 4.84. The van der Waals surface area contributed by atoms with Crippen LogP contribution < -0.4 is 31.8 Å². The molecule has 7 aromatic rings. The molecule has 0 atom stereocenters. The number of hydrogen-bond donors (Lipinski definition) is 1. The Labute approximate surface area is 262 Å². The highest BCUT2D eigenvalue weighted by Crippen LogP contribution is 2.44. The lowest BCUT2D eigenvalue weighted by atomic mass is 10.2. The monoisotopic (exact) mass is 621 g/mol. The van der Waals surface area contributed by atoms with Crippen molar-refractivity contribution < 1.29 is 9.13 Å². The molecule has 0 fully saturated rings. The second kappa shape index (κ2) is 12.1. The second-order valence-corrected chi connectivity index (χ2v) is 16.2. The van der Waals surface area contributed by atoms with Crippen molar-refractivity contribution in [2.75, 3.05) is 0 Å². The van der Waals surface area contributed by atoms with E-state index in [2.05, 4.69) is 10.2 Å². The van der Waals surface area contributed by atoms with Crippen LogP contribution in [0.5, 0.6) is 0 Å². The minimum atomic E-state index is -3.16. The maximum Gasteiger partial charge on any atom is 0.181 e. The van der Waals surface area contributed by atoms with E-state index in [1.807, 2.05) is 170 Å². The molecule has 0 unspecified atom stereocenters. The third-order valence-corrected chi connectivity index (χ3v) is 14.0. The van der Waals surface area contributed by atoms with Gasteiger partial charge in [-0.15, -0.1) is 0 Å². The number of benzene rings is 6. The van der Waals surface area contributed by atoms with Crippen molar-refractivity contribution in [1.29, 1.82) is 0 Å². The topological polar surface area (TPSA) is 75.7 Å². The molecule has 0 aliphatic rings. The number of aromatic amines is 1. The van der Waals surface area contributed by atoms with Gasteiger partial charge >= 0.3 is 0 Å². The smallest absolute Gasteiger partial charge is 0.181 e. The number of nitrogens with one attached hydrogen (secondary N) is 1. The standard InChI is InChI=1S/C38H29N3O2P2/c42-44(31-17-5-1-6-18-31,32-19-7-2-8-20-32)35-25-13-15-29(27-35)37-39-38(41-40-37)30-16-14-26-36(28-30)45(43,33-21-9-3-10-22-33)34-23-11-4-12-24-34/h1-28H,(H,39,40,41). The van der Waals surface area contributed by atoms with Gasteiger partial charge in [-0.2, -0.15) is 5.10 Å². The molecule has 0 bridgehead atoms. The zero-order valence-electron chi connectivity index (χ0n) is 24.3. The first-order chi connectivity index (χ1) is 22.1. The van der Waals surface area contributed by atoms with Crippen LogP contribution in [0.1, 0.15) is 0 Å². The van der Waals surface area contributed by atoms with Crippen LogP contribution in [0, 0.1) is 0 Å². The average Bonchev–Trinajstić information content (AvgIpc) is 3.63. The molecule has 1 heterocycles. The summed E-state index contributed by atoms with van der Waals surface area (Å²) >= 11 is 0. The maximum atomic E-state index is 14.9. The predicted octanol–water partition coefficient (Wildman–Crippen LogP) is 6.42. The summed E-state index contributed by atoms with van der Waals surface area (Å²) < 4.78 is 29.8. The molecule has 218 valence electrons. The van der Waals surface area contributed by atoms with Gasteiger partial charge in [-0.25, -0.2) is 4.98 Å². The van der Waals surface area contributed by atoms with Gasteiger partial charge in [0.1, 0.15) is 0 Å². The van der Waals surface area contributed by atoms with Crippen molar-refractivity contribution in [3.8, 4) is 22.8 Å². The fraction of sp³-hybridized carbons (Fsp3) is 0. The molecular formula is C38H29N3O2P2. The van der Waals surface area contributed by atoms with E-state index in [0.717, 1.165) is 32.3 Å². The molecule has 0 radical (unpaired) electrons. The Hall–Kier alpha value is -5.08. The number of nitrogens with zero attached hydrogens (tertiary/aromatic N) is 2. The molecule has 0 saturated carbocycles. The molecule has 1 N–H and O–H groups in total. The summed E-state index contributed by atoms with van der Waals surface area (Å²) in [6.45, 7) is 0. The molecule has 5 nitrogen and oxygen atoms in total. The largest absolute Gasteiger partial charge is 0.309 e. The third-order valence-electron chi connectivity index (χ3n) is 7.92. The number of aromatic nitrogens is 3. The minimum Gasteiger partial charge on any atom is -0.309 e. The van der Waals surface area contributed by atoms with Crippen molar-refractivity contribution >= 4 is 46.1 Å². The Morgan fingerprint density at radius 1 is 0.400 bits per heavy atom. The lowest BCUT2D eigenvalue weighted by Gasteiger charge is -2.20. The summed E-state index contributed by atoms with van der Waals surface area (Å²) in [5, 5.41) is 12.1. The number of hydrogen-bond acceptors (Lipinski definition) is 4. The quantitative estimate of drug-likeness (QED) is 0.199. The van der Waals surface area contributed by atoms with Crippen LogP contribution >= 0.6 is 14.3 Å². The highest BCUT2D eigenvalue weighted by Gasteiger charge is 2.31. The van der Waals surface area contributed by atoms with E-state index in [1.54, 1.807) is 0 Å². The summed E-state index contributed by atoms with van der Waals surface area (Å²) in [5.41, 5.74) is 1.52. The van der Waals surface area contributed by atoms with Gasteiger partial charge in [0, 0.05) is 43.0 Å². The zero-order chi connectivity index (χ0) is 30.7. The molecule has 0 aliphatic carbocycles. The van der Waals surface area contributed by atoms with E-state index >= 15 is 0 Å². The highest BCUT2D eigenvalue weighted by molar-refractivity contribution is 7.85. The Bertz CT molecular complexity index is 1930. The first kappa shape index (κ1) is 28.7. The fourth-order valence-corrected chi connectivity index (χ4v) is 11.0. The zero-order valence-corrected chi connectivity index (χ0v) is 26.1. The molecule has 7 rings (SSSR count). The molecule has 0 amide bonds. The summed E-state index contributed by atoms with van der Waals surface area (Å²) in [5.74, 6) is 1.04. The van der Waals surface area contributed by atoms with Crippen molar-refractivity contribution in [1.82, 2.24) is 15.2 Å². The van der Waals surface area contributed by atoms with Gasteiger partial charge in [-0.3, -0.25) is 5.10 Å². The SMILES string of the molecule is O=P(c1ccccc1)(c1ccccc1)c1cccc(-c2n[nH]c(-c3cccc(P(=O)(c4ccccc4)c4ccccc4)c3)n2)c1. The lowest BCUT2D eigenvalue weighted by molar-refractivity contribution is 0.591. The van der Waals surface area contributed by atoms with E-state index < -0.39 is 14.3 Å². The fourth-order valence-electron chi connectivity index (χ4n) is 5.66. The van der Waals surface area contributed by atoms with E-state index in [4.69, 9.17) is 4.98 Å². The van der Waals surface area contributed by atoms with Crippen molar-refractivity contribution in [3.05, 3.63) is 170 Å². The summed E-state index contributed by atoms with van der Waals surface area (Å²) in [7, 11) is -6.31.